The van der Waals surface area contributed by atoms with E-state index in [0.29, 0.717) is 25.0 Å². The van der Waals surface area contributed by atoms with Gasteiger partial charge in [0.2, 0.25) is 11.8 Å². The maximum absolute atomic E-state index is 13.2. The number of carbonyl (C=O) groups is 4. The van der Waals surface area contributed by atoms with Crippen LogP contribution in [0.2, 0.25) is 0 Å². The molecular formula is C22H31N3O6. The molecule has 1 aliphatic heterocycles. The highest BCUT2D eigenvalue weighted by molar-refractivity contribution is 5.96. The number of rotatable bonds is 8. The van der Waals surface area contributed by atoms with Crippen molar-refractivity contribution in [2.75, 3.05) is 6.54 Å². The van der Waals surface area contributed by atoms with Crippen LogP contribution in [-0.2, 0) is 19.1 Å². The summed E-state index contributed by atoms with van der Waals surface area (Å²) in [5, 5.41) is 14.7. The predicted octanol–water partition coefficient (Wildman–Crippen LogP) is 1.74. The normalized spacial score (nSPS) is 28.5. The van der Waals surface area contributed by atoms with E-state index in [0.717, 1.165) is 25.7 Å². The summed E-state index contributed by atoms with van der Waals surface area (Å²) in [7, 11) is 0. The average molecular weight is 434 g/mol. The van der Waals surface area contributed by atoms with Crippen LogP contribution in [0, 0.1) is 5.92 Å². The van der Waals surface area contributed by atoms with Gasteiger partial charge in [0, 0.05) is 12.5 Å². The molecule has 3 aliphatic rings. The monoisotopic (exact) mass is 433 g/mol. The molecule has 31 heavy (non-hydrogen) atoms. The molecule has 3 rings (SSSR count). The van der Waals surface area contributed by atoms with Crippen LogP contribution in [0.3, 0.4) is 0 Å². The number of carboxylic acids is 1. The van der Waals surface area contributed by atoms with Crippen LogP contribution >= 0.6 is 0 Å². The fraction of sp³-hybridized carbons (Fsp3) is 0.636. The highest BCUT2D eigenvalue weighted by atomic mass is 16.6. The number of aliphatic carboxylic acids is 1. The van der Waals surface area contributed by atoms with Crippen LogP contribution < -0.4 is 10.6 Å². The molecule has 0 unspecified atom stereocenters. The fourth-order valence-corrected chi connectivity index (χ4v) is 4.49. The van der Waals surface area contributed by atoms with Crippen molar-refractivity contribution >= 4 is 23.9 Å². The SMILES string of the molecule is C=C[C@@H]1C[C@]1(NC(=O)[C@@H]1CCCN1C(=O)[C@@H](NC(=O)OC1CCCC1)C(=C)C)C(=O)O. The van der Waals surface area contributed by atoms with Crippen molar-refractivity contribution in [2.45, 2.75) is 75.6 Å². The van der Waals surface area contributed by atoms with Crippen molar-refractivity contribution in [3.05, 3.63) is 24.8 Å². The Labute approximate surface area is 181 Å². The van der Waals surface area contributed by atoms with Gasteiger partial charge in [-0.2, -0.15) is 0 Å². The number of hydrogen-bond donors (Lipinski definition) is 3. The number of carboxylic acid groups (broad SMARTS) is 1. The summed E-state index contributed by atoms with van der Waals surface area (Å²) in [5.41, 5.74) is -0.928. The van der Waals surface area contributed by atoms with Crippen molar-refractivity contribution in [1.82, 2.24) is 15.5 Å². The van der Waals surface area contributed by atoms with Gasteiger partial charge in [0.15, 0.2) is 0 Å². The zero-order valence-corrected chi connectivity index (χ0v) is 17.9. The van der Waals surface area contributed by atoms with E-state index in [1.807, 2.05) is 0 Å². The number of ether oxygens (including phenoxy) is 1. The average Bonchev–Trinajstić information content (AvgIpc) is 3.06. The van der Waals surface area contributed by atoms with E-state index >= 15 is 0 Å². The van der Waals surface area contributed by atoms with Crippen molar-refractivity contribution in [1.29, 1.82) is 0 Å². The first-order valence-corrected chi connectivity index (χ1v) is 10.8. The zero-order chi connectivity index (χ0) is 22.8. The molecule has 0 aromatic rings. The molecule has 0 aromatic heterocycles. The highest BCUT2D eigenvalue weighted by Gasteiger charge is 2.61. The second-order valence-corrected chi connectivity index (χ2v) is 8.74. The molecule has 4 atom stereocenters. The van der Waals surface area contributed by atoms with Crippen LogP contribution in [0.15, 0.2) is 24.8 Å². The first-order chi connectivity index (χ1) is 14.7. The molecule has 9 nitrogen and oxygen atoms in total. The number of nitrogens with one attached hydrogen (secondary N) is 2. The van der Waals surface area contributed by atoms with Crippen molar-refractivity contribution < 1.29 is 29.0 Å². The molecule has 3 N–H and O–H groups in total. The minimum atomic E-state index is -1.35. The van der Waals surface area contributed by atoms with Crippen molar-refractivity contribution in [2.24, 2.45) is 5.92 Å². The lowest BCUT2D eigenvalue weighted by Crippen LogP contribution is -2.56. The number of carbonyl (C=O) groups excluding carboxylic acids is 3. The Bertz CT molecular complexity index is 790. The number of alkyl carbamates (subject to hydrolysis) is 1. The predicted molar refractivity (Wildman–Crippen MR) is 112 cm³/mol. The third-order valence-electron chi connectivity index (χ3n) is 6.44. The van der Waals surface area contributed by atoms with Crippen LogP contribution in [0.1, 0.15) is 51.9 Å². The van der Waals surface area contributed by atoms with Crippen LogP contribution in [-0.4, -0.2) is 64.2 Å². The fourth-order valence-electron chi connectivity index (χ4n) is 4.49. The summed E-state index contributed by atoms with van der Waals surface area (Å²) in [6, 6.07) is -1.82. The van der Waals surface area contributed by atoms with E-state index in [4.69, 9.17) is 4.74 Å². The molecule has 170 valence electrons. The molecule has 3 amide bonds. The van der Waals surface area contributed by atoms with Gasteiger partial charge in [0.1, 0.15) is 23.7 Å². The van der Waals surface area contributed by atoms with Crippen LogP contribution in [0.25, 0.3) is 0 Å². The quantitative estimate of drug-likeness (QED) is 0.501. The van der Waals surface area contributed by atoms with Crippen molar-refractivity contribution in [3.8, 4) is 0 Å². The minimum Gasteiger partial charge on any atom is -0.479 e. The zero-order valence-electron chi connectivity index (χ0n) is 17.9. The summed E-state index contributed by atoms with van der Waals surface area (Å²) in [6.45, 7) is 9.39. The maximum atomic E-state index is 13.2. The third-order valence-corrected chi connectivity index (χ3v) is 6.44. The number of hydrogen-bond acceptors (Lipinski definition) is 5. The molecule has 1 saturated heterocycles. The Morgan fingerprint density at radius 3 is 2.42 bits per heavy atom. The number of likely N-dealkylation sites (tertiary alicyclic amines) is 1. The number of nitrogens with zero attached hydrogens (tertiary/aromatic N) is 1. The molecule has 1 heterocycles. The topological polar surface area (TPSA) is 125 Å². The molecule has 9 heteroatoms. The summed E-state index contributed by atoms with van der Waals surface area (Å²) >= 11 is 0. The summed E-state index contributed by atoms with van der Waals surface area (Å²) in [5.74, 6) is -2.41. The number of amides is 3. The third kappa shape index (κ3) is 4.75. The van der Waals surface area contributed by atoms with E-state index in [1.54, 1.807) is 6.92 Å². The van der Waals surface area contributed by atoms with E-state index in [2.05, 4.69) is 23.8 Å². The molecule has 2 aliphatic carbocycles. The molecular weight excluding hydrogens is 402 g/mol. The van der Waals surface area contributed by atoms with Gasteiger partial charge in [0.05, 0.1) is 0 Å². The van der Waals surface area contributed by atoms with Crippen LogP contribution in [0.4, 0.5) is 4.79 Å². The summed E-state index contributed by atoms with van der Waals surface area (Å²) < 4.78 is 5.39. The van der Waals surface area contributed by atoms with E-state index in [9.17, 15) is 24.3 Å². The Hall–Kier alpha value is -2.84. The van der Waals surface area contributed by atoms with Gasteiger partial charge in [-0.15, -0.1) is 6.58 Å². The first-order valence-electron chi connectivity index (χ1n) is 10.8. The van der Waals surface area contributed by atoms with E-state index < -0.39 is 41.5 Å². The van der Waals surface area contributed by atoms with Gasteiger partial charge in [-0.25, -0.2) is 9.59 Å². The highest BCUT2D eigenvalue weighted by Crippen LogP contribution is 2.44. The van der Waals surface area contributed by atoms with Gasteiger partial charge in [-0.05, 0) is 57.4 Å². The molecule has 0 spiro atoms. The van der Waals surface area contributed by atoms with E-state index in [1.165, 1.54) is 11.0 Å². The molecule has 0 aromatic carbocycles. The minimum absolute atomic E-state index is 0.144. The maximum Gasteiger partial charge on any atom is 0.408 e. The second-order valence-electron chi connectivity index (χ2n) is 8.74. The lowest BCUT2D eigenvalue weighted by atomic mass is 10.1. The Morgan fingerprint density at radius 1 is 1.19 bits per heavy atom. The Kier molecular flexibility index (Phi) is 6.71. The lowest BCUT2D eigenvalue weighted by molar-refractivity contribution is -0.145. The molecule has 0 radical (unpaired) electrons. The van der Waals surface area contributed by atoms with Crippen LogP contribution in [0.5, 0.6) is 0 Å². The smallest absolute Gasteiger partial charge is 0.408 e. The molecule has 0 bridgehead atoms. The Balaban J connectivity index is 1.65. The van der Waals surface area contributed by atoms with Gasteiger partial charge in [0.25, 0.3) is 0 Å². The van der Waals surface area contributed by atoms with E-state index in [-0.39, 0.29) is 18.4 Å². The van der Waals surface area contributed by atoms with Crippen molar-refractivity contribution in [3.63, 3.8) is 0 Å². The van der Waals surface area contributed by atoms with Gasteiger partial charge in [-0.1, -0.05) is 12.7 Å². The second kappa shape index (κ2) is 9.11. The van der Waals surface area contributed by atoms with Gasteiger partial charge >= 0.3 is 12.1 Å². The molecule has 3 fully saturated rings. The van der Waals surface area contributed by atoms with Gasteiger partial charge in [-0.3, -0.25) is 9.59 Å². The molecule has 2 saturated carbocycles. The van der Waals surface area contributed by atoms with Gasteiger partial charge < -0.3 is 25.4 Å². The summed E-state index contributed by atoms with van der Waals surface area (Å²) in [6.07, 6.45) is 5.64. The Morgan fingerprint density at radius 2 is 1.87 bits per heavy atom. The lowest BCUT2D eigenvalue weighted by Gasteiger charge is -2.30. The largest absolute Gasteiger partial charge is 0.479 e. The standard InChI is InChI=1S/C22H31N3O6/c1-4-14-12-22(14,20(28)29)24-18(26)16-10-7-11-25(16)19(27)17(13(2)3)23-21(30)31-15-8-5-6-9-15/h4,14-17H,1-2,5-12H2,3H3,(H,23,30)(H,24,26)(H,28,29)/t14-,16+,17+,22-/m1/s1. The summed E-state index contributed by atoms with van der Waals surface area (Å²) in [4.78, 5) is 51.4. The first kappa shape index (κ1) is 22.8.